The lowest BCUT2D eigenvalue weighted by Gasteiger charge is -2.04. The number of carbonyl (C=O) groups is 1. The highest BCUT2D eigenvalue weighted by Crippen LogP contribution is 2.40. The van der Waals surface area contributed by atoms with Crippen LogP contribution in [0.5, 0.6) is 5.75 Å². The van der Waals surface area contributed by atoms with E-state index >= 15 is 0 Å². The van der Waals surface area contributed by atoms with Crippen molar-refractivity contribution in [3.8, 4) is 16.2 Å². The molecule has 2 heterocycles. The molecule has 0 spiro atoms. The van der Waals surface area contributed by atoms with E-state index in [1.807, 2.05) is 5.38 Å². The molecule has 3 N–H and O–H groups in total. The molecule has 0 fully saturated rings. The van der Waals surface area contributed by atoms with Crippen molar-refractivity contribution in [1.82, 2.24) is 9.97 Å². The van der Waals surface area contributed by atoms with Crippen LogP contribution in [0.25, 0.3) is 21.5 Å². The van der Waals surface area contributed by atoms with Crippen molar-refractivity contribution >= 4 is 69.3 Å². The van der Waals surface area contributed by atoms with Crippen molar-refractivity contribution < 1.29 is 9.90 Å². The van der Waals surface area contributed by atoms with E-state index in [-0.39, 0.29) is 18.1 Å². The predicted molar refractivity (Wildman–Crippen MR) is 126 cm³/mol. The van der Waals surface area contributed by atoms with Gasteiger partial charge in [0.2, 0.25) is 0 Å². The maximum absolute atomic E-state index is 12.6. The number of aliphatic imine (C=N–C) groups is 1. The van der Waals surface area contributed by atoms with E-state index < -0.39 is 0 Å². The zero-order chi connectivity index (χ0) is 21.4. The number of nitrogens with one attached hydrogen (secondary N) is 2. The minimum Gasteiger partial charge on any atom is -0.506 e. The molecule has 0 bridgehead atoms. The van der Waals surface area contributed by atoms with E-state index in [0.717, 1.165) is 16.6 Å². The summed E-state index contributed by atoms with van der Waals surface area (Å²) >= 11 is 18.5. The zero-order valence-corrected chi connectivity index (χ0v) is 18.8. The SMILES string of the molecule is CC(=NCC(=O)c1ccc2[nH]c(=S)[nH]c2c1)c1csc(-c2ccc(Cl)c(Cl)c2)c1O. The topological polar surface area (TPSA) is 81.2 Å². The number of fused-ring (bicyclic) bond motifs is 1. The van der Waals surface area contributed by atoms with Crippen molar-refractivity contribution in [3.05, 3.63) is 67.7 Å². The fourth-order valence-electron chi connectivity index (χ4n) is 3.02. The van der Waals surface area contributed by atoms with Crippen LogP contribution < -0.4 is 0 Å². The summed E-state index contributed by atoms with van der Waals surface area (Å²) in [5.41, 5.74) is 4.07. The molecule has 0 amide bonds. The molecule has 0 aliphatic heterocycles. The van der Waals surface area contributed by atoms with Gasteiger partial charge in [-0.2, -0.15) is 0 Å². The molecular formula is C21H15Cl2N3O2S2. The Morgan fingerprint density at radius 2 is 1.90 bits per heavy atom. The number of Topliss-reactive ketones (excluding diaryl/α,β-unsaturated/α-hetero) is 1. The van der Waals surface area contributed by atoms with Gasteiger partial charge in [0, 0.05) is 22.2 Å². The summed E-state index contributed by atoms with van der Waals surface area (Å²) in [5, 5.41) is 13.3. The van der Waals surface area contributed by atoms with Gasteiger partial charge >= 0.3 is 0 Å². The monoisotopic (exact) mass is 475 g/mol. The van der Waals surface area contributed by atoms with Crippen molar-refractivity contribution in [2.75, 3.05) is 6.54 Å². The molecule has 0 aliphatic rings. The van der Waals surface area contributed by atoms with E-state index in [1.54, 1.807) is 43.3 Å². The second kappa shape index (κ2) is 8.35. The molecule has 0 saturated heterocycles. The number of thiophene rings is 1. The summed E-state index contributed by atoms with van der Waals surface area (Å²) in [6.07, 6.45) is 0. The fourth-order valence-corrected chi connectivity index (χ4v) is 4.54. The summed E-state index contributed by atoms with van der Waals surface area (Å²) in [4.78, 5) is 23.6. The first-order chi connectivity index (χ1) is 14.3. The number of rotatable bonds is 5. The molecule has 0 aliphatic carbocycles. The van der Waals surface area contributed by atoms with Gasteiger partial charge in [-0.25, -0.2) is 0 Å². The average Bonchev–Trinajstić information content (AvgIpc) is 3.29. The highest BCUT2D eigenvalue weighted by atomic mass is 35.5. The van der Waals surface area contributed by atoms with Gasteiger partial charge in [0.1, 0.15) is 12.3 Å². The van der Waals surface area contributed by atoms with Gasteiger partial charge in [-0.05, 0) is 55.0 Å². The van der Waals surface area contributed by atoms with Gasteiger partial charge in [-0.15, -0.1) is 11.3 Å². The molecule has 2 aromatic heterocycles. The smallest absolute Gasteiger partial charge is 0.184 e. The minimum absolute atomic E-state index is 0.0279. The molecule has 152 valence electrons. The van der Waals surface area contributed by atoms with Crippen LogP contribution in [0.2, 0.25) is 10.0 Å². The van der Waals surface area contributed by atoms with E-state index in [1.165, 1.54) is 11.3 Å². The van der Waals surface area contributed by atoms with Crippen LogP contribution in [0.3, 0.4) is 0 Å². The van der Waals surface area contributed by atoms with Crippen LogP contribution in [0.15, 0.2) is 46.8 Å². The van der Waals surface area contributed by atoms with E-state index in [4.69, 9.17) is 35.4 Å². The van der Waals surface area contributed by atoms with Crippen LogP contribution in [0, 0.1) is 4.77 Å². The Kier molecular flexibility index (Phi) is 5.79. The maximum atomic E-state index is 12.6. The second-order valence-electron chi connectivity index (χ2n) is 6.62. The lowest BCUT2D eigenvalue weighted by molar-refractivity contribution is 0.100. The Bertz CT molecular complexity index is 1370. The molecule has 5 nitrogen and oxygen atoms in total. The number of halogens is 2. The van der Waals surface area contributed by atoms with E-state index in [2.05, 4.69) is 15.0 Å². The van der Waals surface area contributed by atoms with Crippen LogP contribution in [-0.4, -0.2) is 33.1 Å². The zero-order valence-electron chi connectivity index (χ0n) is 15.6. The Labute approximate surface area is 191 Å². The Balaban J connectivity index is 1.55. The van der Waals surface area contributed by atoms with Crippen LogP contribution in [0.4, 0.5) is 0 Å². The molecule has 0 saturated carbocycles. The van der Waals surface area contributed by atoms with E-state index in [0.29, 0.717) is 36.5 Å². The summed E-state index contributed by atoms with van der Waals surface area (Å²) in [6, 6.07) is 10.5. The highest BCUT2D eigenvalue weighted by Gasteiger charge is 2.16. The quantitative estimate of drug-likeness (QED) is 0.171. The average molecular weight is 476 g/mol. The molecule has 0 atom stereocenters. The Morgan fingerprint density at radius 3 is 2.67 bits per heavy atom. The first-order valence-corrected chi connectivity index (χ1v) is 10.9. The van der Waals surface area contributed by atoms with Crippen LogP contribution >= 0.6 is 46.8 Å². The van der Waals surface area contributed by atoms with Gasteiger partial charge < -0.3 is 15.1 Å². The lowest BCUT2D eigenvalue weighted by Crippen LogP contribution is -2.06. The molecule has 9 heteroatoms. The molecule has 4 rings (SSSR count). The third-order valence-electron chi connectivity index (χ3n) is 4.63. The van der Waals surface area contributed by atoms with Gasteiger partial charge in [0.15, 0.2) is 10.6 Å². The number of nitrogens with zero attached hydrogens (tertiary/aromatic N) is 1. The number of hydrogen-bond acceptors (Lipinski definition) is 5. The lowest BCUT2D eigenvalue weighted by atomic mass is 10.1. The van der Waals surface area contributed by atoms with Gasteiger partial charge in [0.25, 0.3) is 0 Å². The van der Waals surface area contributed by atoms with Crippen molar-refractivity contribution in [2.24, 2.45) is 4.99 Å². The Hall–Kier alpha value is -2.45. The minimum atomic E-state index is -0.129. The standard InChI is InChI=1S/C21H15Cl2N3O2S2/c1-10(13-9-30-20(19(13)28)12-2-4-14(22)15(23)6-12)24-8-18(27)11-3-5-16-17(7-11)26-21(29)25-16/h2-7,9,28H,8H2,1H3,(H2,25,26,29). The van der Waals surface area contributed by atoms with Crippen LogP contribution in [-0.2, 0) is 0 Å². The van der Waals surface area contributed by atoms with Gasteiger partial charge in [0.05, 0.1) is 26.0 Å². The number of aromatic nitrogens is 2. The number of benzene rings is 2. The summed E-state index contributed by atoms with van der Waals surface area (Å²) in [7, 11) is 0. The molecule has 2 aromatic carbocycles. The molecular weight excluding hydrogens is 461 g/mol. The Morgan fingerprint density at radius 1 is 1.13 bits per heavy atom. The number of aromatic hydroxyl groups is 1. The predicted octanol–water partition coefficient (Wildman–Crippen LogP) is 6.66. The van der Waals surface area contributed by atoms with Crippen molar-refractivity contribution in [1.29, 1.82) is 0 Å². The summed E-state index contributed by atoms with van der Waals surface area (Å²) in [6.45, 7) is 1.74. The highest BCUT2D eigenvalue weighted by molar-refractivity contribution is 7.71. The molecule has 0 unspecified atom stereocenters. The fraction of sp³-hybridized carbons (Fsp3) is 0.0952. The first-order valence-electron chi connectivity index (χ1n) is 8.86. The number of carbonyl (C=O) groups excluding carboxylic acids is 1. The third kappa shape index (κ3) is 4.06. The molecule has 4 aromatic rings. The normalized spacial score (nSPS) is 11.9. The summed E-state index contributed by atoms with van der Waals surface area (Å²) < 4.78 is 0.508. The number of hydrogen-bond donors (Lipinski definition) is 3. The maximum Gasteiger partial charge on any atom is 0.184 e. The molecule has 30 heavy (non-hydrogen) atoms. The van der Waals surface area contributed by atoms with Gasteiger partial charge in [-0.3, -0.25) is 9.79 Å². The first kappa shape index (κ1) is 20.8. The number of aromatic amines is 2. The molecule has 0 radical (unpaired) electrons. The second-order valence-corrected chi connectivity index (χ2v) is 8.72. The number of imidazole rings is 1. The summed E-state index contributed by atoms with van der Waals surface area (Å²) in [5.74, 6) is -0.0235. The van der Waals surface area contributed by atoms with Gasteiger partial charge in [-0.1, -0.05) is 29.3 Å². The van der Waals surface area contributed by atoms with E-state index in [9.17, 15) is 9.90 Å². The largest absolute Gasteiger partial charge is 0.506 e. The number of H-pyrrole nitrogens is 2. The third-order valence-corrected chi connectivity index (χ3v) is 6.60. The van der Waals surface area contributed by atoms with Crippen LogP contribution in [0.1, 0.15) is 22.8 Å². The number of ketones is 1. The van der Waals surface area contributed by atoms with Crippen molar-refractivity contribution in [3.63, 3.8) is 0 Å². The van der Waals surface area contributed by atoms with Crippen molar-refractivity contribution in [2.45, 2.75) is 6.92 Å².